The Morgan fingerprint density at radius 2 is 1.72 bits per heavy atom. The van der Waals surface area contributed by atoms with Gasteiger partial charge in [-0.15, -0.1) is 0 Å². The van der Waals surface area contributed by atoms with Crippen LogP contribution in [0.3, 0.4) is 0 Å². The number of aromatic nitrogens is 1. The molecule has 1 aromatic rings. The maximum absolute atomic E-state index is 11.3. The monoisotopic (exact) mass is 245 g/mol. The number of carbonyl (C=O) groups is 1. The van der Waals surface area contributed by atoms with Gasteiger partial charge in [0.2, 0.25) is 0 Å². The van der Waals surface area contributed by atoms with Crippen molar-refractivity contribution in [1.29, 1.82) is 0 Å². The van der Waals surface area contributed by atoms with Gasteiger partial charge in [-0.3, -0.25) is 0 Å². The Bertz CT molecular complexity index is 462. The highest BCUT2D eigenvalue weighted by Gasteiger charge is 2.49. The van der Waals surface area contributed by atoms with Gasteiger partial charge in [-0.05, 0) is 67.9 Å². The molecule has 0 atom stereocenters. The Hall–Kier alpha value is -1.25. The smallest absolute Gasteiger partial charge is 0.352 e. The summed E-state index contributed by atoms with van der Waals surface area (Å²) in [5, 5.41) is 9.29. The highest BCUT2D eigenvalue weighted by molar-refractivity contribution is 5.85. The van der Waals surface area contributed by atoms with E-state index in [0.717, 1.165) is 23.7 Å². The van der Waals surface area contributed by atoms with Crippen LogP contribution in [-0.4, -0.2) is 15.6 Å². The van der Waals surface area contributed by atoms with Crippen molar-refractivity contribution in [3.63, 3.8) is 0 Å². The van der Waals surface area contributed by atoms with Gasteiger partial charge in [-0.2, -0.15) is 0 Å². The highest BCUT2D eigenvalue weighted by Crippen LogP contribution is 2.58. The zero-order chi connectivity index (χ0) is 12.3. The van der Waals surface area contributed by atoms with Crippen molar-refractivity contribution < 1.29 is 9.90 Å². The van der Waals surface area contributed by atoms with Crippen LogP contribution in [0.1, 0.15) is 48.6 Å². The molecule has 4 fully saturated rings. The molecule has 1 N–H and O–H groups in total. The van der Waals surface area contributed by atoms with Crippen LogP contribution in [0.5, 0.6) is 0 Å². The summed E-state index contributed by atoms with van der Waals surface area (Å²) in [7, 11) is 0. The van der Waals surface area contributed by atoms with E-state index in [-0.39, 0.29) is 0 Å². The van der Waals surface area contributed by atoms with Gasteiger partial charge < -0.3 is 9.67 Å². The number of carboxylic acid groups (broad SMARTS) is 1. The minimum atomic E-state index is -0.784. The zero-order valence-corrected chi connectivity index (χ0v) is 10.5. The van der Waals surface area contributed by atoms with Crippen molar-refractivity contribution >= 4 is 5.97 Å². The normalized spacial score (nSPS) is 41.2. The number of hydrogen-bond acceptors (Lipinski definition) is 1. The molecule has 1 heterocycles. The Labute approximate surface area is 107 Å². The Morgan fingerprint density at radius 1 is 1.11 bits per heavy atom. The van der Waals surface area contributed by atoms with Crippen LogP contribution >= 0.6 is 0 Å². The van der Waals surface area contributed by atoms with E-state index in [9.17, 15) is 9.90 Å². The van der Waals surface area contributed by atoms with Crippen LogP contribution in [-0.2, 0) is 0 Å². The third kappa shape index (κ3) is 1.39. The molecule has 0 unspecified atom stereocenters. The third-order valence-corrected chi connectivity index (χ3v) is 5.50. The Kier molecular flexibility index (Phi) is 2.14. The maximum atomic E-state index is 11.3. The van der Waals surface area contributed by atoms with E-state index in [0.29, 0.717) is 11.7 Å². The molecular weight excluding hydrogens is 226 g/mol. The first-order valence-electron chi connectivity index (χ1n) is 7.12. The molecule has 4 bridgehead atoms. The Morgan fingerprint density at radius 3 is 2.28 bits per heavy atom. The number of aromatic carboxylic acids is 1. The quantitative estimate of drug-likeness (QED) is 0.869. The fourth-order valence-corrected chi connectivity index (χ4v) is 5.19. The summed E-state index contributed by atoms with van der Waals surface area (Å²) in [6.45, 7) is 0. The SMILES string of the molecule is O=C(O)c1cccn1C1C2CC3CC(C2)CC1C3. The van der Waals surface area contributed by atoms with Gasteiger partial charge in [-0.25, -0.2) is 4.79 Å². The lowest BCUT2D eigenvalue weighted by Crippen LogP contribution is -2.46. The van der Waals surface area contributed by atoms with Crippen molar-refractivity contribution in [2.24, 2.45) is 23.7 Å². The summed E-state index contributed by atoms with van der Waals surface area (Å²) in [6.07, 6.45) is 8.74. The topological polar surface area (TPSA) is 42.2 Å². The minimum absolute atomic E-state index is 0.457. The number of hydrogen-bond donors (Lipinski definition) is 1. The highest BCUT2D eigenvalue weighted by atomic mass is 16.4. The van der Waals surface area contributed by atoms with Gasteiger partial charge in [-0.1, -0.05) is 0 Å². The second-order valence-electron chi connectivity index (χ2n) is 6.53. The van der Waals surface area contributed by atoms with E-state index in [1.54, 1.807) is 6.07 Å². The standard InChI is InChI=1S/C15H19NO2/c17-15(18)13-2-1-3-16(13)14-11-5-9-4-10(7-11)8-12(14)6-9/h1-3,9-12,14H,4-8H2,(H,17,18). The first-order valence-corrected chi connectivity index (χ1v) is 7.12. The molecule has 3 heteroatoms. The molecule has 1 aromatic heterocycles. The van der Waals surface area contributed by atoms with E-state index in [4.69, 9.17) is 0 Å². The molecule has 4 aliphatic carbocycles. The fourth-order valence-electron chi connectivity index (χ4n) is 5.19. The van der Waals surface area contributed by atoms with Crippen LogP contribution in [0.4, 0.5) is 0 Å². The minimum Gasteiger partial charge on any atom is -0.477 e. The summed E-state index contributed by atoms with van der Waals surface area (Å²) < 4.78 is 2.06. The van der Waals surface area contributed by atoms with Crippen LogP contribution in [0.2, 0.25) is 0 Å². The molecule has 0 aromatic carbocycles. The molecule has 0 saturated heterocycles. The van der Waals surface area contributed by atoms with E-state index in [1.165, 1.54) is 32.1 Å². The summed E-state index contributed by atoms with van der Waals surface area (Å²) in [6, 6.07) is 4.08. The summed E-state index contributed by atoms with van der Waals surface area (Å²) in [5.41, 5.74) is 0.479. The van der Waals surface area contributed by atoms with Crippen molar-refractivity contribution in [1.82, 2.24) is 4.57 Å². The first-order chi connectivity index (χ1) is 8.72. The molecule has 18 heavy (non-hydrogen) atoms. The van der Waals surface area contributed by atoms with Crippen LogP contribution < -0.4 is 0 Å². The van der Waals surface area contributed by atoms with Crippen molar-refractivity contribution in [2.75, 3.05) is 0 Å². The van der Waals surface area contributed by atoms with Gasteiger partial charge in [0.05, 0.1) is 0 Å². The lowest BCUT2D eigenvalue weighted by molar-refractivity contribution is -0.0299. The van der Waals surface area contributed by atoms with E-state index in [1.807, 2.05) is 12.3 Å². The molecule has 0 aliphatic heterocycles. The Balaban J connectivity index is 1.72. The maximum Gasteiger partial charge on any atom is 0.352 e. The summed E-state index contributed by atoms with van der Waals surface area (Å²) in [5.74, 6) is 2.55. The summed E-state index contributed by atoms with van der Waals surface area (Å²) >= 11 is 0. The van der Waals surface area contributed by atoms with Crippen LogP contribution in [0.15, 0.2) is 18.3 Å². The van der Waals surface area contributed by atoms with Gasteiger partial charge in [0.15, 0.2) is 0 Å². The van der Waals surface area contributed by atoms with Gasteiger partial charge in [0.25, 0.3) is 0 Å². The fraction of sp³-hybridized carbons (Fsp3) is 0.667. The zero-order valence-electron chi connectivity index (χ0n) is 10.5. The summed E-state index contributed by atoms with van der Waals surface area (Å²) in [4.78, 5) is 11.3. The molecule has 5 rings (SSSR count). The van der Waals surface area contributed by atoms with E-state index >= 15 is 0 Å². The van der Waals surface area contributed by atoms with Crippen molar-refractivity contribution in [3.05, 3.63) is 24.0 Å². The molecule has 0 amide bonds. The largest absolute Gasteiger partial charge is 0.477 e. The van der Waals surface area contributed by atoms with Crippen molar-refractivity contribution in [2.45, 2.75) is 38.1 Å². The van der Waals surface area contributed by atoms with Gasteiger partial charge in [0.1, 0.15) is 5.69 Å². The lowest BCUT2D eigenvalue weighted by Gasteiger charge is -2.54. The average Bonchev–Trinajstić information content (AvgIpc) is 2.76. The van der Waals surface area contributed by atoms with Gasteiger partial charge >= 0.3 is 5.97 Å². The van der Waals surface area contributed by atoms with Crippen molar-refractivity contribution in [3.8, 4) is 0 Å². The molecule has 3 nitrogen and oxygen atoms in total. The molecule has 0 radical (unpaired) electrons. The lowest BCUT2D eigenvalue weighted by atomic mass is 9.54. The average molecular weight is 245 g/mol. The number of carboxylic acids is 1. The number of rotatable bonds is 2. The van der Waals surface area contributed by atoms with Gasteiger partial charge in [0, 0.05) is 12.2 Å². The predicted molar refractivity (Wildman–Crippen MR) is 67.5 cm³/mol. The first kappa shape index (κ1) is 10.7. The second kappa shape index (κ2) is 3.62. The molecule has 4 saturated carbocycles. The predicted octanol–water partition coefficient (Wildman–Crippen LogP) is 3.18. The number of nitrogens with zero attached hydrogens (tertiary/aromatic N) is 1. The van der Waals surface area contributed by atoms with E-state index in [2.05, 4.69) is 4.57 Å². The molecule has 4 aliphatic rings. The second-order valence-corrected chi connectivity index (χ2v) is 6.53. The third-order valence-electron chi connectivity index (χ3n) is 5.50. The van der Waals surface area contributed by atoms with E-state index < -0.39 is 5.97 Å². The molecule has 0 spiro atoms. The van der Waals surface area contributed by atoms with Crippen LogP contribution in [0.25, 0.3) is 0 Å². The molecule has 96 valence electrons. The van der Waals surface area contributed by atoms with Crippen LogP contribution in [0, 0.1) is 23.7 Å². The molecular formula is C15H19NO2.